The maximum Gasteiger partial charge on any atom is 0.257 e. The maximum atomic E-state index is 12.7. The summed E-state index contributed by atoms with van der Waals surface area (Å²) in [5.74, 6) is 0.631. The Morgan fingerprint density at radius 2 is 1.68 bits per heavy atom. The number of hydrogen-bond donors (Lipinski definition) is 0. The maximum absolute atomic E-state index is 12.7. The Kier molecular flexibility index (Phi) is 3.92. The highest BCUT2D eigenvalue weighted by molar-refractivity contribution is 6.01. The van der Waals surface area contributed by atoms with E-state index in [0.29, 0.717) is 11.3 Å². The highest BCUT2D eigenvalue weighted by Gasteiger charge is 2.26. The minimum Gasteiger partial charge on any atom is -0.485 e. The van der Waals surface area contributed by atoms with E-state index < -0.39 is 0 Å². The van der Waals surface area contributed by atoms with E-state index in [9.17, 15) is 4.79 Å². The fourth-order valence-corrected chi connectivity index (χ4v) is 3.52. The van der Waals surface area contributed by atoms with E-state index in [-0.39, 0.29) is 12.0 Å². The van der Waals surface area contributed by atoms with Gasteiger partial charge in [0.15, 0.2) is 0 Å². The Morgan fingerprint density at radius 1 is 1.00 bits per heavy atom. The molecule has 1 aliphatic carbocycles. The van der Waals surface area contributed by atoms with Gasteiger partial charge in [-0.2, -0.15) is 0 Å². The first-order valence-corrected chi connectivity index (χ1v) is 8.62. The molecule has 0 bridgehead atoms. The second-order valence-electron chi connectivity index (χ2n) is 6.74. The summed E-state index contributed by atoms with van der Waals surface area (Å²) >= 11 is 0. The molecule has 126 valence electrons. The molecule has 3 aromatic rings. The van der Waals surface area contributed by atoms with Gasteiger partial charge in [-0.25, -0.2) is 0 Å². The van der Waals surface area contributed by atoms with Crippen LogP contribution in [0, 0.1) is 0 Å². The lowest BCUT2D eigenvalue weighted by Gasteiger charge is -2.20. The third-order valence-corrected chi connectivity index (χ3v) is 4.83. The normalized spacial score (nSPS) is 15.8. The zero-order valence-electron chi connectivity index (χ0n) is 14.5. The molecule has 0 heterocycles. The van der Waals surface area contributed by atoms with Crippen LogP contribution in [-0.4, -0.2) is 24.9 Å². The summed E-state index contributed by atoms with van der Waals surface area (Å²) in [5, 5.41) is 2.13. The third-order valence-electron chi connectivity index (χ3n) is 4.83. The lowest BCUT2D eigenvalue weighted by Crippen LogP contribution is -2.22. The van der Waals surface area contributed by atoms with Gasteiger partial charge >= 0.3 is 0 Å². The summed E-state index contributed by atoms with van der Waals surface area (Å²) in [6.07, 6.45) is 1.97. The highest BCUT2D eigenvalue weighted by atomic mass is 16.5. The molecule has 3 aromatic carbocycles. The van der Waals surface area contributed by atoms with Gasteiger partial charge in [0.1, 0.15) is 11.9 Å². The van der Waals surface area contributed by atoms with Crippen LogP contribution in [0.2, 0.25) is 0 Å². The molecule has 0 unspecified atom stereocenters. The molecular weight excluding hydrogens is 310 g/mol. The summed E-state index contributed by atoms with van der Waals surface area (Å²) in [6, 6.07) is 20.4. The molecule has 0 spiro atoms. The molecule has 1 aliphatic rings. The van der Waals surface area contributed by atoms with Gasteiger partial charge in [-0.3, -0.25) is 4.79 Å². The van der Waals surface area contributed by atoms with Crippen LogP contribution in [0.25, 0.3) is 10.8 Å². The first kappa shape index (κ1) is 15.7. The number of fused-ring (bicyclic) bond motifs is 2. The van der Waals surface area contributed by atoms with Crippen LogP contribution in [-0.2, 0) is 6.42 Å². The Bertz CT molecular complexity index is 946. The van der Waals surface area contributed by atoms with E-state index in [2.05, 4.69) is 24.3 Å². The molecule has 0 saturated carbocycles. The largest absolute Gasteiger partial charge is 0.485 e. The van der Waals surface area contributed by atoms with Crippen molar-refractivity contribution in [1.82, 2.24) is 4.90 Å². The fraction of sp³-hybridized carbons (Fsp3) is 0.227. The second-order valence-corrected chi connectivity index (χ2v) is 6.74. The summed E-state index contributed by atoms with van der Waals surface area (Å²) in [4.78, 5) is 14.3. The zero-order valence-corrected chi connectivity index (χ0v) is 14.5. The van der Waals surface area contributed by atoms with Gasteiger partial charge < -0.3 is 9.64 Å². The Labute approximate surface area is 147 Å². The predicted molar refractivity (Wildman–Crippen MR) is 100 cm³/mol. The van der Waals surface area contributed by atoms with Crippen molar-refractivity contribution in [1.29, 1.82) is 0 Å². The van der Waals surface area contributed by atoms with Crippen LogP contribution in [0.3, 0.4) is 0 Å². The number of rotatable bonds is 3. The smallest absolute Gasteiger partial charge is 0.257 e. The van der Waals surface area contributed by atoms with Crippen molar-refractivity contribution in [2.75, 3.05) is 14.1 Å². The van der Waals surface area contributed by atoms with Crippen LogP contribution >= 0.6 is 0 Å². The first-order valence-electron chi connectivity index (χ1n) is 8.62. The molecule has 0 fully saturated rings. The van der Waals surface area contributed by atoms with E-state index in [1.165, 1.54) is 11.1 Å². The number of carbonyl (C=O) groups excluding carboxylic acids is 1. The summed E-state index contributed by atoms with van der Waals surface area (Å²) in [7, 11) is 3.54. The minimum absolute atomic E-state index is 0.00562. The number of nitrogens with zero attached hydrogens (tertiary/aromatic N) is 1. The average molecular weight is 331 g/mol. The predicted octanol–water partition coefficient (Wildman–Crippen LogP) is 4.61. The van der Waals surface area contributed by atoms with Crippen molar-refractivity contribution in [3.63, 3.8) is 0 Å². The van der Waals surface area contributed by atoms with Crippen molar-refractivity contribution in [3.05, 3.63) is 77.4 Å². The van der Waals surface area contributed by atoms with E-state index >= 15 is 0 Å². The molecule has 3 nitrogen and oxygen atoms in total. The van der Waals surface area contributed by atoms with Gasteiger partial charge in [0, 0.05) is 14.1 Å². The number of benzene rings is 3. The van der Waals surface area contributed by atoms with Crippen LogP contribution in [0.1, 0.15) is 34.0 Å². The molecule has 1 amide bonds. The SMILES string of the molecule is CN(C)C(=O)c1cc2ccccc2cc1O[C@H]1CCc2ccccc21. The molecular formula is C22H21NO2. The number of ether oxygens (including phenoxy) is 1. The molecule has 0 N–H and O–H groups in total. The highest BCUT2D eigenvalue weighted by Crippen LogP contribution is 2.37. The molecule has 4 rings (SSSR count). The Morgan fingerprint density at radius 3 is 2.44 bits per heavy atom. The van der Waals surface area contributed by atoms with Gasteiger partial charge in [0.2, 0.25) is 0 Å². The van der Waals surface area contributed by atoms with Gasteiger partial charge in [0.05, 0.1) is 5.56 Å². The van der Waals surface area contributed by atoms with Gasteiger partial charge in [-0.1, -0.05) is 48.5 Å². The van der Waals surface area contributed by atoms with Crippen molar-refractivity contribution in [2.24, 2.45) is 0 Å². The minimum atomic E-state index is -0.0352. The topological polar surface area (TPSA) is 29.5 Å². The summed E-state index contributed by atoms with van der Waals surface area (Å²) in [5.41, 5.74) is 3.20. The van der Waals surface area contributed by atoms with Crippen molar-refractivity contribution in [3.8, 4) is 5.75 Å². The van der Waals surface area contributed by atoms with E-state index in [1.807, 2.05) is 36.4 Å². The molecule has 1 atom stereocenters. The fourth-order valence-electron chi connectivity index (χ4n) is 3.52. The van der Waals surface area contributed by atoms with E-state index in [1.54, 1.807) is 19.0 Å². The second kappa shape index (κ2) is 6.25. The molecule has 0 saturated heterocycles. The van der Waals surface area contributed by atoms with E-state index in [0.717, 1.165) is 23.6 Å². The standard InChI is InChI=1S/C22H21NO2/c1-23(2)22(24)19-13-16-8-3-4-9-17(16)14-21(19)25-20-12-11-15-7-5-6-10-18(15)20/h3-10,13-14,20H,11-12H2,1-2H3/t20-/m0/s1. The van der Waals surface area contributed by atoms with Gasteiger partial charge in [0.25, 0.3) is 5.91 Å². The Balaban J connectivity index is 1.78. The lowest BCUT2D eigenvalue weighted by atomic mass is 10.0. The van der Waals surface area contributed by atoms with Crippen molar-refractivity contribution < 1.29 is 9.53 Å². The third kappa shape index (κ3) is 2.86. The zero-order chi connectivity index (χ0) is 17.4. The molecule has 25 heavy (non-hydrogen) atoms. The monoisotopic (exact) mass is 331 g/mol. The molecule has 0 radical (unpaired) electrons. The number of aryl methyl sites for hydroxylation is 1. The summed E-state index contributed by atoms with van der Waals surface area (Å²) in [6.45, 7) is 0. The van der Waals surface area contributed by atoms with E-state index in [4.69, 9.17) is 4.74 Å². The van der Waals surface area contributed by atoms with Crippen molar-refractivity contribution in [2.45, 2.75) is 18.9 Å². The Hall–Kier alpha value is -2.81. The van der Waals surface area contributed by atoms with Crippen LogP contribution in [0.15, 0.2) is 60.7 Å². The number of amides is 1. The molecule has 0 aliphatic heterocycles. The van der Waals surface area contributed by atoms with Crippen LogP contribution in [0.5, 0.6) is 5.75 Å². The van der Waals surface area contributed by atoms with Gasteiger partial charge in [-0.05, 0) is 46.9 Å². The van der Waals surface area contributed by atoms with Crippen LogP contribution in [0.4, 0.5) is 0 Å². The number of carbonyl (C=O) groups is 1. The van der Waals surface area contributed by atoms with Crippen molar-refractivity contribution >= 4 is 16.7 Å². The number of hydrogen-bond acceptors (Lipinski definition) is 2. The van der Waals surface area contributed by atoms with Gasteiger partial charge in [-0.15, -0.1) is 0 Å². The molecule has 3 heteroatoms. The molecule has 0 aromatic heterocycles. The average Bonchev–Trinajstić information content (AvgIpc) is 3.03. The van der Waals surface area contributed by atoms with Crippen LogP contribution < -0.4 is 4.74 Å². The quantitative estimate of drug-likeness (QED) is 0.701. The first-order chi connectivity index (χ1) is 12.1. The lowest BCUT2D eigenvalue weighted by molar-refractivity contribution is 0.0820. The summed E-state index contributed by atoms with van der Waals surface area (Å²) < 4.78 is 6.36.